The molecule has 0 aliphatic carbocycles. The molecule has 0 saturated carbocycles. The van der Waals surface area contributed by atoms with E-state index in [0.29, 0.717) is 25.3 Å². The molecular formula is C16H24FNO3. The third-order valence-electron chi connectivity index (χ3n) is 3.41. The molecule has 5 heteroatoms. The van der Waals surface area contributed by atoms with Gasteiger partial charge in [-0.1, -0.05) is 13.0 Å². The zero-order valence-corrected chi connectivity index (χ0v) is 13.2. The molecule has 0 bridgehead atoms. The summed E-state index contributed by atoms with van der Waals surface area (Å²) < 4.78 is 23.6. The molecule has 1 aromatic rings. The van der Waals surface area contributed by atoms with Crippen LogP contribution in [0.5, 0.6) is 5.75 Å². The predicted octanol–water partition coefficient (Wildman–Crippen LogP) is 2.83. The molecule has 21 heavy (non-hydrogen) atoms. The summed E-state index contributed by atoms with van der Waals surface area (Å²) in [6.45, 7) is 6.68. The standard InChI is InChI=1S/C16H24FNO3/c1-5-9-18-16(3,15(19)20-4)8-10-21-14-11-13(17)7-6-12(14)2/h6-7,11,18H,5,8-10H2,1-4H3. The van der Waals surface area contributed by atoms with Crippen LogP contribution in [0, 0.1) is 12.7 Å². The zero-order valence-electron chi connectivity index (χ0n) is 13.2. The van der Waals surface area contributed by atoms with Crippen LogP contribution in [0.2, 0.25) is 0 Å². The number of aryl methyl sites for hydroxylation is 1. The van der Waals surface area contributed by atoms with Gasteiger partial charge < -0.3 is 14.8 Å². The molecule has 0 radical (unpaired) electrons. The van der Waals surface area contributed by atoms with Crippen molar-refractivity contribution in [2.75, 3.05) is 20.3 Å². The lowest BCUT2D eigenvalue weighted by molar-refractivity contribution is -0.148. The van der Waals surface area contributed by atoms with Crippen molar-refractivity contribution >= 4 is 5.97 Å². The molecular weight excluding hydrogens is 273 g/mol. The minimum absolute atomic E-state index is 0.298. The second-order valence-corrected chi connectivity index (χ2v) is 5.26. The lowest BCUT2D eigenvalue weighted by atomic mass is 9.98. The molecule has 0 aliphatic heterocycles. The summed E-state index contributed by atoms with van der Waals surface area (Å²) in [7, 11) is 1.37. The predicted molar refractivity (Wildman–Crippen MR) is 80.0 cm³/mol. The summed E-state index contributed by atoms with van der Waals surface area (Å²) in [5.74, 6) is -0.163. The van der Waals surface area contributed by atoms with Crippen LogP contribution in [0.3, 0.4) is 0 Å². The molecule has 0 spiro atoms. The second kappa shape index (κ2) is 7.98. The van der Waals surface area contributed by atoms with Gasteiger partial charge in [0.05, 0.1) is 13.7 Å². The number of carbonyl (C=O) groups is 1. The maximum Gasteiger partial charge on any atom is 0.325 e. The number of halogens is 1. The van der Waals surface area contributed by atoms with Crippen molar-refractivity contribution in [3.05, 3.63) is 29.6 Å². The van der Waals surface area contributed by atoms with Crippen LogP contribution in [0.15, 0.2) is 18.2 Å². The fourth-order valence-corrected chi connectivity index (χ4v) is 1.98. The number of methoxy groups -OCH3 is 1. The van der Waals surface area contributed by atoms with Crippen molar-refractivity contribution in [2.45, 2.75) is 39.2 Å². The van der Waals surface area contributed by atoms with E-state index in [1.165, 1.54) is 19.2 Å². The Labute approximate surface area is 125 Å². The summed E-state index contributed by atoms with van der Waals surface area (Å²) in [4.78, 5) is 11.9. The van der Waals surface area contributed by atoms with Crippen LogP contribution in [-0.2, 0) is 9.53 Å². The Bertz CT molecular complexity index is 479. The van der Waals surface area contributed by atoms with Crippen LogP contribution >= 0.6 is 0 Å². The highest BCUT2D eigenvalue weighted by Gasteiger charge is 2.33. The molecule has 1 N–H and O–H groups in total. The molecule has 4 nitrogen and oxygen atoms in total. The molecule has 0 aliphatic rings. The average molecular weight is 297 g/mol. The molecule has 0 aromatic heterocycles. The van der Waals surface area contributed by atoms with Gasteiger partial charge in [-0.2, -0.15) is 0 Å². The number of nitrogens with one attached hydrogen (secondary N) is 1. The molecule has 0 fully saturated rings. The second-order valence-electron chi connectivity index (χ2n) is 5.26. The van der Waals surface area contributed by atoms with E-state index in [1.807, 2.05) is 13.8 Å². The first kappa shape index (κ1) is 17.4. The van der Waals surface area contributed by atoms with Crippen molar-refractivity contribution < 1.29 is 18.7 Å². The SMILES string of the molecule is CCCNC(C)(CCOc1cc(F)ccc1C)C(=O)OC. The molecule has 0 saturated heterocycles. The summed E-state index contributed by atoms with van der Waals surface area (Å²) in [5.41, 5.74) is 0.0594. The third-order valence-corrected chi connectivity index (χ3v) is 3.41. The molecule has 1 aromatic carbocycles. The summed E-state index contributed by atoms with van der Waals surface area (Å²) in [6.07, 6.45) is 1.35. The number of rotatable bonds is 8. The summed E-state index contributed by atoms with van der Waals surface area (Å²) in [6, 6.07) is 4.41. The fourth-order valence-electron chi connectivity index (χ4n) is 1.98. The Kier molecular flexibility index (Phi) is 6.62. The van der Waals surface area contributed by atoms with Crippen LogP contribution in [0.25, 0.3) is 0 Å². The maximum atomic E-state index is 13.2. The van der Waals surface area contributed by atoms with Gasteiger partial charge in [-0.25, -0.2) is 4.39 Å². The van der Waals surface area contributed by atoms with Crippen LogP contribution in [0.4, 0.5) is 4.39 Å². The topological polar surface area (TPSA) is 47.6 Å². The van der Waals surface area contributed by atoms with Crippen LogP contribution < -0.4 is 10.1 Å². The number of hydrogen-bond acceptors (Lipinski definition) is 4. The highest BCUT2D eigenvalue weighted by atomic mass is 19.1. The number of benzene rings is 1. The van der Waals surface area contributed by atoms with Gasteiger partial charge in [-0.3, -0.25) is 4.79 Å². The lowest BCUT2D eigenvalue weighted by Gasteiger charge is -2.28. The van der Waals surface area contributed by atoms with Crippen molar-refractivity contribution in [1.82, 2.24) is 5.32 Å². The van der Waals surface area contributed by atoms with E-state index >= 15 is 0 Å². The monoisotopic (exact) mass is 297 g/mol. The van der Waals surface area contributed by atoms with Gasteiger partial charge in [0, 0.05) is 12.5 Å². The number of esters is 1. The van der Waals surface area contributed by atoms with Crippen LogP contribution in [-0.4, -0.2) is 31.8 Å². The molecule has 0 heterocycles. The Morgan fingerprint density at radius 3 is 2.76 bits per heavy atom. The summed E-state index contributed by atoms with van der Waals surface area (Å²) >= 11 is 0. The van der Waals surface area contributed by atoms with Crippen LogP contribution in [0.1, 0.15) is 32.3 Å². The van der Waals surface area contributed by atoms with E-state index in [-0.39, 0.29) is 11.8 Å². The smallest absolute Gasteiger partial charge is 0.325 e. The van der Waals surface area contributed by atoms with Crippen molar-refractivity contribution in [2.24, 2.45) is 0 Å². The Morgan fingerprint density at radius 2 is 2.14 bits per heavy atom. The van der Waals surface area contributed by atoms with Gasteiger partial charge in [-0.05, 0) is 38.4 Å². The minimum atomic E-state index is -0.800. The largest absolute Gasteiger partial charge is 0.493 e. The first-order valence-corrected chi connectivity index (χ1v) is 7.15. The van der Waals surface area contributed by atoms with Gasteiger partial charge in [0.2, 0.25) is 0 Å². The molecule has 118 valence electrons. The van der Waals surface area contributed by atoms with Gasteiger partial charge in [0.1, 0.15) is 17.1 Å². The van der Waals surface area contributed by atoms with E-state index in [9.17, 15) is 9.18 Å². The number of ether oxygens (including phenoxy) is 2. The third kappa shape index (κ3) is 5.01. The van der Waals surface area contributed by atoms with Gasteiger partial charge in [-0.15, -0.1) is 0 Å². The fraction of sp³-hybridized carbons (Fsp3) is 0.562. The van der Waals surface area contributed by atoms with Gasteiger partial charge in [0.25, 0.3) is 0 Å². The highest BCUT2D eigenvalue weighted by molar-refractivity contribution is 5.80. The van der Waals surface area contributed by atoms with E-state index < -0.39 is 5.54 Å². The quantitative estimate of drug-likeness (QED) is 0.750. The van der Waals surface area contributed by atoms with E-state index in [0.717, 1.165) is 12.0 Å². The van der Waals surface area contributed by atoms with Crippen molar-refractivity contribution in [3.8, 4) is 5.75 Å². The molecule has 0 amide bonds. The Hall–Kier alpha value is -1.62. The molecule has 1 rings (SSSR count). The van der Waals surface area contributed by atoms with Gasteiger partial charge in [0.15, 0.2) is 0 Å². The van der Waals surface area contributed by atoms with Crippen molar-refractivity contribution in [1.29, 1.82) is 0 Å². The zero-order chi connectivity index (χ0) is 15.9. The van der Waals surface area contributed by atoms with Gasteiger partial charge >= 0.3 is 5.97 Å². The average Bonchev–Trinajstić information content (AvgIpc) is 2.47. The molecule has 1 atom stereocenters. The van der Waals surface area contributed by atoms with E-state index in [2.05, 4.69) is 5.32 Å². The minimum Gasteiger partial charge on any atom is -0.493 e. The first-order valence-electron chi connectivity index (χ1n) is 7.15. The maximum absolute atomic E-state index is 13.2. The molecule has 1 unspecified atom stereocenters. The lowest BCUT2D eigenvalue weighted by Crippen LogP contribution is -2.51. The van der Waals surface area contributed by atoms with E-state index in [1.54, 1.807) is 13.0 Å². The highest BCUT2D eigenvalue weighted by Crippen LogP contribution is 2.20. The Balaban J connectivity index is 2.64. The summed E-state index contributed by atoms with van der Waals surface area (Å²) in [5, 5.41) is 3.18. The number of carbonyl (C=O) groups excluding carboxylic acids is 1. The Morgan fingerprint density at radius 1 is 1.43 bits per heavy atom. The first-order chi connectivity index (χ1) is 9.92. The normalized spacial score (nSPS) is 13.6. The number of hydrogen-bond donors (Lipinski definition) is 1. The van der Waals surface area contributed by atoms with Crippen molar-refractivity contribution in [3.63, 3.8) is 0 Å². The van der Waals surface area contributed by atoms with E-state index in [4.69, 9.17) is 9.47 Å².